The van der Waals surface area contributed by atoms with E-state index in [4.69, 9.17) is 24.5 Å². The van der Waals surface area contributed by atoms with E-state index in [9.17, 15) is 4.39 Å². The summed E-state index contributed by atoms with van der Waals surface area (Å²) in [5.74, 6) is -2.85. The van der Waals surface area contributed by atoms with Crippen LogP contribution in [-0.4, -0.2) is 65.2 Å². The second-order valence-electron chi connectivity index (χ2n) is 6.61. The number of rotatable bonds is 5. The molecule has 0 atom stereocenters. The molecule has 156 valence electrons. The number of halogens is 1. The van der Waals surface area contributed by atoms with Gasteiger partial charge in [0.25, 0.3) is 0 Å². The predicted molar refractivity (Wildman–Crippen MR) is 105 cm³/mol. The minimum absolute atomic E-state index is 0.105. The summed E-state index contributed by atoms with van der Waals surface area (Å²) < 4.78 is 19.0. The maximum absolute atomic E-state index is 13.7. The molecule has 1 aliphatic heterocycles. The number of methoxy groups -OCH3 is 1. The fourth-order valence-electron chi connectivity index (χ4n) is 3.00. The SMILES string of the molecule is COc1cccc(CN2CCN(Cc3ccccc3F)CC2)c1.O=C(O)C(=O)O. The number of hydrogen-bond donors (Lipinski definition) is 2. The molecule has 0 amide bonds. The summed E-state index contributed by atoms with van der Waals surface area (Å²) >= 11 is 0. The maximum atomic E-state index is 13.7. The third kappa shape index (κ3) is 7.52. The summed E-state index contributed by atoms with van der Waals surface area (Å²) in [6.07, 6.45) is 0. The van der Waals surface area contributed by atoms with Crippen LogP contribution < -0.4 is 4.74 Å². The molecule has 0 bridgehead atoms. The summed E-state index contributed by atoms with van der Waals surface area (Å²) in [7, 11) is 1.70. The van der Waals surface area contributed by atoms with Crippen LogP contribution >= 0.6 is 0 Å². The highest BCUT2D eigenvalue weighted by molar-refractivity contribution is 6.27. The first-order valence-corrected chi connectivity index (χ1v) is 9.16. The van der Waals surface area contributed by atoms with Crippen LogP contribution in [0.15, 0.2) is 48.5 Å². The van der Waals surface area contributed by atoms with Crippen LogP contribution in [0.1, 0.15) is 11.1 Å². The molecule has 1 fully saturated rings. The lowest BCUT2D eigenvalue weighted by atomic mass is 10.1. The van der Waals surface area contributed by atoms with Crippen molar-refractivity contribution in [2.45, 2.75) is 13.1 Å². The van der Waals surface area contributed by atoms with Crippen molar-refractivity contribution in [3.8, 4) is 5.75 Å². The van der Waals surface area contributed by atoms with Crippen LogP contribution in [0.5, 0.6) is 5.75 Å². The number of ether oxygens (including phenoxy) is 1. The van der Waals surface area contributed by atoms with E-state index in [2.05, 4.69) is 21.9 Å². The quantitative estimate of drug-likeness (QED) is 0.739. The largest absolute Gasteiger partial charge is 0.497 e. The average molecular weight is 404 g/mol. The zero-order valence-electron chi connectivity index (χ0n) is 16.3. The highest BCUT2D eigenvalue weighted by atomic mass is 19.1. The molecule has 0 aromatic heterocycles. The van der Waals surface area contributed by atoms with Gasteiger partial charge in [-0.1, -0.05) is 30.3 Å². The van der Waals surface area contributed by atoms with Gasteiger partial charge in [0, 0.05) is 44.8 Å². The van der Waals surface area contributed by atoms with Crippen LogP contribution in [-0.2, 0) is 22.7 Å². The summed E-state index contributed by atoms with van der Waals surface area (Å²) in [5, 5.41) is 14.8. The van der Waals surface area contributed by atoms with E-state index in [1.54, 1.807) is 13.2 Å². The Kier molecular flexibility index (Phi) is 8.57. The molecule has 2 N–H and O–H groups in total. The summed E-state index contributed by atoms with van der Waals surface area (Å²) in [6.45, 7) is 5.58. The van der Waals surface area contributed by atoms with Gasteiger partial charge < -0.3 is 14.9 Å². The second-order valence-corrected chi connectivity index (χ2v) is 6.61. The van der Waals surface area contributed by atoms with Crippen molar-refractivity contribution in [1.29, 1.82) is 0 Å². The molecule has 7 nitrogen and oxygen atoms in total. The summed E-state index contributed by atoms with van der Waals surface area (Å²) in [5.41, 5.74) is 2.06. The van der Waals surface area contributed by atoms with Crippen molar-refractivity contribution in [1.82, 2.24) is 9.80 Å². The Morgan fingerprint density at radius 3 is 2.07 bits per heavy atom. The van der Waals surface area contributed by atoms with Crippen LogP contribution in [0.25, 0.3) is 0 Å². The van der Waals surface area contributed by atoms with Gasteiger partial charge in [-0.25, -0.2) is 14.0 Å². The number of carboxylic acids is 2. The van der Waals surface area contributed by atoms with Crippen LogP contribution in [0, 0.1) is 5.82 Å². The van der Waals surface area contributed by atoms with Gasteiger partial charge in [0.1, 0.15) is 11.6 Å². The molecule has 0 radical (unpaired) electrons. The first kappa shape index (κ1) is 22.3. The molecule has 0 aliphatic carbocycles. The minimum Gasteiger partial charge on any atom is -0.497 e. The van der Waals surface area contributed by atoms with Gasteiger partial charge in [-0.3, -0.25) is 9.80 Å². The Labute approximate surface area is 168 Å². The smallest absolute Gasteiger partial charge is 0.414 e. The lowest BCUT2D eigenvalue weighted by Crippen LogP contribution is -2.45. The normalized spacial score (nSPS) is 14.6. The number of carbonyl (C=O) groups is 2. The van der Waals surface area contributed by atoms with E-state index in [1.165, 1.54) is 11.6 Å². The molecule has 0 spiro atoms. The van der Waals surface area contributed by atoms with Crippen molar-refractivity contribution in [3.63, 3.8) is 0 Å². The molecule has 29 heavy (non-hydrogen) atoms. The van der Waals surface area contributed by atoms with Gasteiger partial charge in [-0.05, 0) is 23.8 Å². The lowest BCUT2D eigenvalue weighted by molar-refractivity contribution is -0.159. The molecule has 2 aromatic carbocycles. The molecule has 0 unspecified atom stereocenters. The van der Waals surface area contributed by atoms with Crippen molar-refractivity contribution in [2.24, 2.45) is 0 Å². The number of piperazine rings is 1. The average Bonchev–Trinajstić information content (AvgIpc) is 2.72. The van der Waals surface area contributed by atoms with Crippen molar-refractivity contribution in [3.05, 3.63) is 65.5 Å². The zero-order chi connectivity index (χ0) is 21.2. The number of carboxylic acid groups (broad SMARTS) is 2. The predicted octanol–water partition coefficient (Wildman–Crippen LogP) is 2.31. The van der Waals surface area contributed by atoms with Gasteiger partial charge in [0.2, 0.25) is 0 Å². The molecule has 1 heterocycles. The maximum Gasteiger partial charge on any atom is 0.414 e. The molecular weight excluding hydrogens is 379 g/mol. The lowest BCUT2D eigenvalue weighted by Gasteiger charge is -2.34. The fraction of sp³-hybridized carbons (Fsp3) is 0.333. The molecular formula is C21H25FN2O5. The molecule has 3 rings (SSSR count). The Bertz CT molecular complexity index is 810. The first-order chi connectivity index (χ1) is 13.9. The van der Waals surface area contributed by atoms with Crippen molar-refractivity contribution < 1.29 is 28.9 Å². The summed E-state index contributed by atoms with van der Waals surface area (Å²) in [4.78, 5) is 23.0. The highest BCUT2D eigenvalue weighted by Crippen LogP contribution is 2.16. The number of hydrogen-bond acceptors (Lipinski definition) is 5. The van der Waals surface area contributed by atoms with Gasteiger partial charge in [-0.15, -0.1) is 0 Å². The topological polar surface area (TPSA) is 90.3 Å². The van der Waals surface area contributed by atoms with E-state index in [1.807, 2.05) is 24.3 Å². The Morgan fingerprint density at radius 1 is 0.931 bits per heavy atom. The zero-order valence-corrected chi connectivity index (χ0v) is 16.3. The third-order valence-electron chi connectivity index (χ3n) is 4.54. The Hall–Kier alpha value is -2.97. The van der Waals surface area contributed by atoms with E-state index in [-0.39, 0.29) is 5.82 Å². The number of aliphatic carboxylic acids is 2. The van der Waals surface area contributed by atoms with E-state index >= 15 is 0 Å². The molecule has 2 aromatic rings. The van der Waals surface area contributed by atoms with Crippen molar-refractivity contribution in [2.75, 3.05) is 33.3 Å². The standard InChI is InChI=1S/C19H23FN2O.C2H2O4/c1-23-18-7-4-5-16(13-18)14-21-9-11-22(12-10-21)15-17-6-2-3-8-19(17)20;3-1(4)2(5)6/h2-8,13H,9-12,14-15H2,1H3;(H,3,4)(H,5,6). The van der Waals surface area contributed by atoms with Gasteiger partial charge in [0.15, 0.2) is 0 Å². The van der Waals surface area contributed by atoms with E-state index in [0.29, 0.717) is 6.54 Å². The van der Waals surface area contributed by atoms with E-state index in [0.717, 1.165) is 44.0 Å². The second kappa shape index (κ2) is 11.1. The first-order valence-electron chi connectivity index (χ1n) is 9.16. The van der Waals surface area contributed by atoms with Gasteiger partial charge >= 0.3 is 11.9 Å². The summed E-state index contributed by atoms with van der Waals surface area (Å²) in [6, 6.07) is 15.3. The minimum atomic E-state index is -1.82. The number of nitrogens with zero attached hydrogens (tertiary/aromatic N) is 2. The Balaban J connectivity index is 0.000000438. The Morgan fingerprint density at radius 2 is 1.52 bits per heavy atom. The molecule has 0 saturated carbocycles. The van der Waals surface area contributed by atoms with Crippen LogP contribution in [0.3, 0.4) is 0 Å². The molecule has 8 heteroatoms. The van der Waals surface area contributed by atoms with Crippen molar-refractivity contribution >= 4 is 11.9 Å². The fourth-order valence-corrected chi connectivity index (χ4v) is 3.00. The third-order valence-corrected chi connectivity index (χ3v) is 4.54. The van der Waals surface area contributed by atoms with Crippen LogP contribution in [0.2, 0.25) is 0 Å². The highest BCUT2D eigenvalue weighted by Gasteiger charge is 2.18. The van der Waals surface area contributed by atoms with Crippen LogP contribution in [0.4, 0.5) is 4.39 Å². The van der Waals surface area contributed by atoms with Gasteiger partial charge in [0.05, 0.1) is 7.11 Å². The molecule has 1 saturated heterocycles. The number of benzene rings is 2. The van der Waals surface area contributed by atoms with E-state index < -0.39 is 11.9 Å². The molecule has 1 aliphatic rings. The monoisotopic (exact) mass is 404 g/mol. The van der Waals surface area contributed by atoms with Gasteiger partial charge in [-0.2, -0.15) is 0 Å².